The third-order valence-corrected chi connectivity index (χ3v) is 3.70. The summed E-state index contributed by atoms with van der Waals surface area (Å²) in [5.74, 6) is -0.308. The summed E-state index contributed by atoms with van der Waals surface area (Å²) in [4.78, 5) is 0. The molecule has 0 radical (unpaired) electrons. The van der Waals surface area contributed by atoms with Gasteiger partial charge in [-0.2, -0.15) is 0 Å². The smallest absolute Gasteiger partial charge is 0.124 e. The van der Waals surface area contributed by atoms with Crippen LogP contribution in [0.4, 0.5) is 4.39 Å². The Hall–Kier alpha value is -1.38. The molecule has 3 heteroatoms. The van der Waals surface area contributed by atoms with Crippen LogP contribution in [0.2, 0.25) is 5.02 Å². The minimum Gasteiger partial charge on any atom is -0.306 e. The lowest BCUT2D eigenvalue weighted by Gasteiger charge is -2.22. The molecule has 2 aromatic carbocycles. The second-order valence-electron chi connectivity index (χ2n) is 4.91. The van der Waals surface area contributed by atoms with Crippen molar-refractivity contribution in [2.24, 2.45) is 0 Å². The highest BCUT2D eigenvalue weighted by Gasteiger charge is 2.18. The Morgan fingerprint density at radius 3 is 2.55 bits per heavy atom. The zero-order chi connectivity index (χ0) is 14.5. The van der Waals surface area contributed by atoms with E-state index < -0.39 is 0 Å². The molecular weight excluding hydrogens is 273 g/mol. The number of nitrogens with one attached hydrogen (secondary N) is 1. The first-order valence-corrected chi connectivity index (χ1v) is 7.25. The van der Waals surface area contributed by atoms with Crippen molar-refractivity contribution in [3.05, 3.63) is 70.0 Å². The second kappa shape index (κ2) is 6.87. The average Bonchev–Trinajstić information content (AvgIpc) is 2.42. The minimum atomic E-state index is -0.308. The Morgan fingerprint density at radius 1 is 1.15 bits per heavy atom. The summed E-state index contributed by atoms with van der Waals surface area (Å²) in [6.45, 7) is 5.08. The van der Waals surface area contributed by atoms with Crippen LogP contribution in [0.1, 0.15) is 36.1 Å². The van der Waals surface area contributed by atoms with Crippen molar-refractivity contribution in [3.8, 4) is 0 Å². The Morgan fingerprint density at radius 2 is 1.90 bits per heavy atom. The first-order valence-electron chi connectivity index (χ1n) is 6.87. The van der Waals surface area contributed by atoms with Gasteiger partial charge in [-0.1, -0.05) is 48.9 Å². The lowest BCUT2D eigenvalue weighted by atomic mass is 9.95. The van der Waals surface area contributed by atoms with Crippen molar-refractivity contribution in [1.29, 1.82) is 0 Å². The molecule has 0 amide bonds. The van der Waals surface area contributed by atoms with Gasteiger partial charge in [0.25, 0.3) is 0 Å². The molecule has 0 saturated carbocycles. The average molecular weight is 292 g/mol. The molecule has 0 heterocycles. The Balaban J connectivity index is 2.44. The molecule has 2 rings (SSSR count). The highest BCUT2D eigenvalue weighted by molar-refractivity contribution is 6.31. The van der Waals surface area contributed by atoms with Gasteiger partial charge in [-0.05, 0) is 48.7 Å². The summed E-state index contributed by atoms with van der Waals surface area (Å²) in [6.07, 6.45) is 1.03. The first kappa shape index (κ1) is 15.0. The maximum Gasteiger partial charge on any atom is 0.124 e. The van der Waals surface area contributed by atoms with E-state index >= 15 is 0 Å². The third-order valence-electron chi connectivity index (χ3n) is 3.37. The van der Waals surface area contributed by atoms with Gasteiger partial charge < -0.3 is 5.32 Å². The van der Waals surface area contributed by atoms with Gasteiger partial charge in [0.2, 0.25) is 0 Å². The van der Waals surface area contributed by atoms with E-state index in [-0.39, 0.29) is 11.9 Å². The van der Waals surface area contributed by atoms with Crippen LogP contribution >= 0.6 is 11.6 Å². The van der Waals surface area contributed by atoms with E-state index in [0.717, 1.165) is 18.5 Å². The summed E-state index contributed by atoms with van der Waals surface area (Å²) < 4.78 is 13.2. The highest BCUT2D eigenvalue weighted by atomic mass is 35.5. The lowest BCUT2D eigenvalue weighted by molar-refractivity contribution is 0.591. The van der Waals surface area contributed by atoms with E-state index in [1.807, 2.05) is 12.1 Å². The van der Waals surface area contributed by atoms with E-state index in [0.29, 0.717) is 5.02 Å². The second-order valence-corrected chi connectivity index (χ2v) is 5.32. The summed E-state index contributed by atoms with van der Waals surface area (Å²) in [5, 5.41) is 3.96. The maximum atomic E-state index is 13.2. The topological polar surface area (TPSA) is 12.0 Å². The number of hydrogen-bond donors (Lipinski definition) is 1. The Bertz CT molecular complexity index is 583. The van der Waals surface area contributed by atoms with Gasteiger partial charge in [-0.3, -0.25) is 0 Å². The number of aryl methyl sites for hydroxylation is 1. The molecule has 0 aliphatic heterocycles. The first-order chi connectivity index (χ1) is 9.63. The number of halogens is 2. The van der Waals surface area contributed by atoms with E-state index in [4.69, 9.17) is 11.6 Å². The van der Waals surface area contributed by atoms with Gasteiger partial charge >= 0.3 is 0 Å². The van der Waals surface area contributed by atoms with Crippen molar-refractivity contribution >= 4 is 11.6 Å². The maximum absolute atomic E-state index is 13.2. The van der Waals surface area contributed by atoms with Crippen molar-refractivity contribution in [3.63, 3.8) is 0 Å². The summed E-state index contributed by atoms with van der Waals surface area (Å²) >= 11 is 6.23. The van der Waals surface area contributed by atoms with Crippen LogP contribution in [-0.4, -0.2) is 6.54 Å². The van der Waals surface area contributed by atoms with E-state index in [2.05, 4.69) is 31.3 Å². The van der Waals surface area contributed by atoms with Gasteiger partial charge in [0.05, 0.1) is 6.04 Å². The molecule has 20 heavy (non-hydrogen) atoms. The van der Waals surface area contributed by atoms with Crippen LogP contribution in [0, 0.1) is 12.7 Å². The van der Waals surface area contributed by atoms with Gasteiger partial charge in [0.15, 0.2) is 0 Å². The van der Waals surface area contributed by atoms with Gasteiger partial charge in [-0.25, -0.2) is 4.39 Å². The number of rotatable bonds is 5. The highest BCUT2D eigenvalue weighted by Crippen LogP contribution is 2.30. The molecule has 0 spiro atoms. The molecule has 1 atom stereocenters. The third kappa shape index (κ3) is 3.38. The molecule has 2 aromatic rings. The van der Waals surface area contributed by atoms with E-state index in [9.17, 15) is 4.39 Å². The summed E-state index contributed by atoms with van der Waals surface area (Å²) in [7, 11) is 0. The van der Waals surface area contributed by atoms with Crippen LogP contribution in [-0.2, 0) is 0 Å². The molecule has 0 aliphatic carbocycles. The quantitative estimate of drug-likeness (QED) is 0.828. The molecule has 1 nitrogen and oxygen atoms in total. The van der Waals surface area contributed by atoms with Crippen molar-refractivity contribution in [1.82, 2.24) is 5.32 Å². The van der Waals surface area contributed by atoms with E-state index in [1.165, 1.54) is 23.3 Å². The van der Waals surface area contributed by atoms with Crippen molar-refractivity contribution in [2.75, 3.05) is 6.54 Å². The van der Waals surface area contributed by atoms with Crippen LogP contribution < -0.4 is 5.32 Å². The zero-order valence-electron chi connectivity index (χ0n) is 11.8. The number of hydrogen-bond acceptors (Lipinski definition) is 1. The fourth-order valence-electron chi connectivity index (χ4n) is 2.32. The predicted octanol–water partition coefficient (Wildman–Crippen LogP) is 4.88. The number of benzene rings is 2. The Kier molecular flexibility index (Phi) is 5.16. The SMILES string of the molecule is CCCNC(c1ccccc1C)c1ccc(F)cc1Cl. The fourth-order valence-corrected chi connectivity index (χ4v) is 2.60. The lowest BCUT2D eigenvalue weighted by Crippen LogP contribution is -2.24. The largest absolute Gasteiger partial charge is 0.306 e. The molecule has 1 N–H and O–H groups in total. The fraction of sp³-hybridized carbons (Fsp3) is 0.294. The molecule has 0 aromatic heterocycles. The molecule has 0 saturated heterocycles. The van der Waals surface area contributed by atoms with Crippen molar-refractivity contribution < 1.29 is 4.39 Å². The Labute approximate surface area is 124 Å². The minimum absolute atomic E-state index is 0.00995. The molecule has 0 bridgehead atoms. The van der Waals surface area contributed by atoms with Crippen molar-refractivity contribution in [2.45, 2.75) is 26.3 Å². The van der Waals surface area contributed by atoms with Crippen LogP contribution in [0.15, 0.2) is 42.5 Å². The van der Waals surface area contributed by atoms with Crippen LogP contribution in [0.3, 0.4) is 0 Å². The zero-order valence-corrected chi connectivity index (χ0v) is 12.5. The van der Waals surface area contributed by atoms with Gasteiger partial charge in [-0.15, -0.1) is 0 Å². The molecule has 0 aliphatic rings. The normalized spacial score (nSPS) is 12.4. The van der Waals surface area contributed by atoms with Gasteiger partial charge in [0, 0.05) is 5.02 Å². The standard InChI is InChI=1S/C17H19ClFN/c1-3-10-20-17(14-7-5-4-6-12(14)2)15-9-8-13(19)11-16(15)18/h4-9,11,17,20H,3,10H2,1-2H3. The molecular formula is C17H19ClFN. The van der Waals surface area contributed by atoms with Gasteiger partial charge in [0.1, 0.15) is 5.82 Å². The molecule has 1 unspecified atom stereocenters. The molecule has 0 fully saturated rings. The summed E-state index contributed by atoms with van der Waals surface area (Å²) in [5.41, 5.74) is 3.28. The van der Waals surface area contributed by atoms with E-state index in [1.54, 1.807) is 6.07 Å². The summed E-state index contributed by atoms with van der Waals surface area (Å²) in [6, 6.07) is 12.8. The van der Waals surface area contributed by atoms with Crippen LogP contribution in [0.25, 0.3) is 0 Å². The van der Waals surface area contributed by atoms with Crippen LogP contribution in [0.5, 0.6) is 0 Å². The monoisotopic (exact) mass is 291 g/mol. The predicted molar refractivity (Wildman–Crippen MR) is 82.7 cm³/mol. The molecule has 106 valence electrons.